The monoisotopic (exact) mass is 141 g/mol. The quantitative estimate of drug-likeness (QED) is 0.568. The smallest absolute Gasteiger partial charge is 0.0465 e. The van der Waals surface area contributed by atoms with E-state index in [4.69, 9.17) is 5.11 Å². The largest absolute Gasteiger partial charge is 0.396 e. The van der Waals surface area contributed by atoms with Gasteiger partial charge >= 0.3 is 0 Å². The molecule has 0 aromatic rings. The lowest BCUT2D eigenvalue weighted by Crippen LogP contribution is -2.15. The molecule has 1 aliphatic carbocycles. The molecule has 2 aliphatic rings. The number of likely N-dealkylation sites (tertiary alicyclic amines) is 1. The van der Waals surface area contributed by atoms with E-state index in [9.17, 15) is 0 Å². The third-order valence-corrected chi connectivity index (χ3v) is 3.16. The van der Waals surface area contributed by atoms with Gasteiger partial charge in [-0.25, -0.2) is 0 Å². The maximum Gasteiger partial charge on any atom is 0.0465 e. The second-order valence-corrected chi connectivity index (χ2v) is 3.93. The van der Waals surface area contributed by atoms with Crippen molar-refractivity contribution in [2.45, 2.75) is 12.8 Å². The van der Waals surface area contributed by atoms with Gasteiger partial charge in [-0.15, -0.1) is 0 Å². The molecule has 1 N–H and O–H groups in total. The molecule has 1 aliphatic heterocycles. The molecule has 2 rings (SSSR count). The Balaban J connectivity index is 1.96. The maximum atomic E-state index is 8.90. The van der Waals surface area contributed by atoms with Gasteiger partial charge in [-0.2, -0.15) is 0 Å². The van der Waals surface area contributed by atoms with Gasteiger partial charge in [-0.3, -0.25) is 0 Å². The number of nitrogens with zero attached hydrogens (tertiary/aromatic N) is 1. The molecule has 0 amide bonds. The minimum absolute atomic E-state index is 0.411. The second kappa shape index (κ2) is 1.95. The second-order valence-electron chi connectivity index (χ2n) is 3.93. The van der Waals surface area contributed by atoms with E-state index in [1.165, 1.54) is 25.9 Å². The zero-order valence-corrected chi connectivity index (χ0v) is 6.51. The highest BCUT2D eigenvalue weighted by Crippen LogP contribution is 2.57. The normalized spacial score (nSPS) is 46.8. The van der Waals surface area contributed by atoms with Crippen molar-refractivity contribution in [2.24, 2.45) is 11.3 Å². The predicted octanol–water partition coefficient (Wildman–Crippen LogP) is 0.321. The first-order valence-electron chi connectivity index (χ1n) is 4.06. The summed E-state index contributed by atoms with van der Waals surface area (Å²) in [5, 5.41) is 8.90. The first kappa shape index (κ1) is 6.62. The average Bonchev–Trinajstić information content (AvgIpc) is 2.46. The first-order valence-corrected chi connectivity index (χ1v) is 4.06. The third-order valence-electron chi connectivity index (χ3n) is 3.16. The van der Waals surface area contributed by atoms with Crippen LogP contribution in [0.3, 0.4) is 0 Å². The summed E-state index contributed by atoms with van der Waals surface area (Å²) in [5.74, 6) is 0.637. The van der Waals surface area contributed by atoms with E-state index in [0.29, 0.717) is 17.9 Å². The molecule has 1 saturated carbocycles. The van der Waals surface area contributed by atoms with Crippen LogP contribution in [0.2, 0.25) is 0 Å². The van der Waals surface area contributed by atoms with Crippen LogP contribution < -0.4 is 0 Å². The molecular weight excluding hydrogens is 126 g/mol. The Hall–Kier alpha value is -0.0800. The SMILES string of the molecule is CN1CCC2(CC2CO)C1. The molecule has 2 heteroatoms. The highest BCUT2D eigenvalue weighted by molar-refractivity contribution is 5.06. The van der Waals surface area contributed by atoms with Crippen LogP contribution in [0.25, 0.3) is 0 Å². The van der Waals surface area contributed by atoms with Crippen molar-refractivity contribution in [1.82, 2.24) is 4.90 Å². The number of aliphatic hydroxyl groups is 1. The van der Waals surface area contributed by atoms with E-state index in [0.717, 1.165) is 0 Å². The van der Waals surface area contributed by atoms with Gasteiger partial charge in [0.2, 0.25) is 0 Å². The Bertz CT molecular complexity index is 148. The molecule has 0 aromatic heterocycles. The highest BCUT2D eigenvalue weighted by Gasteiger charge is 2.55. The number of rotatable bonds is 1. The number of aliphatic hydroxyl groups excluding tert-OH is 1. The molecule has 1 heterocycles. The number of hydrogen-bond donors (Lipinski definition) is 1. The van der Waals surface area contributed by atoms with Crippen molar-refractivity contribution < 1.29 is 5.11 Å². The van der Waals surface area contributed by atoms with Crippen LogP contribution in [-0.4, -0.2) is 36.8 Å². The predicted molar refractivity (Wildman–Crippen MR) is 39.7 cm³/mol. The van der Waals surface area contributed by atoms with E-state index in [1.54, 1.807) is 0 Å². The summed E-state index contributed by atoms with van der Waals surface area (Å²) < 4.78 is 0. The standard InChI is InChI=1S/C8H15NO/c1-9-3-2-8(6-9)4-7(8)5-10/h7,10H,2-6H2,1H3. The zero-order valence-electron chi connectivity index (χ0n) is 6.51. The van der Waals surface area contributed by atoms with Gasteiger partial charge in [0.15, 0.2) is 0 Å². The summed E-state index contributed by atoms with van der Waals surface area (Å²) in [5.41, 5.74) is 0.559. The summed E-state index contributed by atoms with van der Waals surface area (Å²) in [4.78, 5) is 2.37. The lowest BCUT2D eigenvalue weighted by Gasteiger charge is -2.07. The minimum Gasteiger partial charge on any atom is -0.396 e. The Kier molecular flexibility index (Phi) is 1.29. The lowest BCUT2D eigenvalue weighted by molar-refractivity contribution is 0.248. The Labute approximate surface area is 61.8 Å². The zero-order chi connectivity index (χ0) is 7.19. The van der Waals surface area contributed by atoms with Gasteiger partial charge in [0.1, 0.15) is 0 Å². The molecule has 0 bridgehead atoms. The van der Waals surface area contributed by atoms with Gasteiger partial charge in [0, 0.05) is 13.2 Å². The third kappa shape index (κ3) is 0.789. The number of hydrogen-bond acceptors (Lipinski definition) is 2. The molecule has 10 heavy (non-hydrogen) atoms. The van der Waals surface area contributed by atoms with E-state index in [2.05, 4.69) is 11.9 Å². The molecule has 0 radical (unpaired) electrons. The lowest BCUT2D eigenvalue weighted by atomic mass is 10.0. The summed E-state index contributed by atoms with van der Waals surface area (Å²) in [6.45, 7) is 2.86. The minimum atomic E-state index is 0.411. The summed E-state index contributed by atoms with van der Waals surface area (Å²) in [7, 11) is 2.17. The molecule has 2 nitrogen and oxygen atoms in total. The van der Waals surface area contributed by atoms with Crippen molar-refractivity contribution in [3.8, 4) is 0 Å². The fourth-order valence-corrected chi connectivity index (χ4v) is 2.30. The van der Waals surface area contributed by atoms with E-state index < -0.39 is 0 Å². The van der Waals surface area contributed by atoms with E-state index in [1.807, 2.05) is 0 Å². The van der Waals surface area contributed by atoms with Crippen LogP contribution >= 0.6 is 0 Å². The van der Waals surface area contributed by atoms with Crippen LogP contribution in [-0.2, 0) is 0 Å². The highest BCUT2D eigenvalue weighted by atomic mass is 16.3. The summed E-state index contributed by atoms with van der Waals surface area (Å²) in [6, 6.07) is 0. The Morgan fingerprint density at radius 3 is 2.90 bits per heavy atom. The van der Waals surface area contributed by atoms with Crippen LogP contribution in [0.15, 0.2) is 0 Å². The van der Waals surface area contributed by atoms with Crippen LogP contribution in [0.4, 0.5) is 0 Å². The fraction of sp³-hybridized carbons (Fsp3) is 1.00. The molecule has 2 fully saturated rings. The average molecular weight is 141 g/mol. The molecule has 1 spiro atoms. The first-order chi connectivity index (χ1) is 4.77. The molecule has 58 valence electrons. The van der Waals surface area contributed by atoms with Gasteiger partial charge in [-0.1, -0.05) is 0 Å². The van der Waals surface area contributed by atoms with Gasteiger partial charge in [0.25, 0.3) is 0 Å². The van der Waals surface area contributed by atoms with Gasteiger partial charge in [-0.05, 0) is 37.8 Å². The van der Waals surface area contributed by atoms with Crippen molar-refractivity contribution in [2.75, 3.05) is 26.7 Å². The van der Waals surface area contributed by atoms with Gasteiger partial charge in [0.05, 0.1) is 0 Å². The van der Waals surface area contributed by atoms with Crippen molar-refractivity contribution >= 4 is 0 Å². The fourth-order valence-electron chi connectivity index (χ4n) is 2.30. The molecule has 0 aromatic carbocycles. The van der Waals surface area contributed by atoms with Crippen molar-refractivity contribution in [1.29, 1.82) is 0 Å². The van der Waals surface area contributed by atoms with Crippen LogP contribution in [0.5, 0.6) is 0 Å². The topological polar surface area (TPSA) is 23.5 Å². The van der Waals surface area contributed by atoms with Crippen molar-refractivity contribution in [3.63, 3.8) is 0 Å². The van der Waals surface area contributed by atoms with E-state index in [-0.39, 0.29) is 0 Å². The maximum absolute atomic E-state index is 8.90. The molecule has 2 unspecified atom stereocenters. The Morgan fingerprint density at radius 2 is 2.50 bits per heavy atom. The summed E-state index contributed by atoms with van der Waals surface area (Å²) >= 11 is 0. The molecule has 1 saturated heterocycles. The van der Waals surface area contributed by atoms with Crippen LogP contribution in [0, 0.1) is 11.3 Å². The van der Waals surface area contributed by atoms with Crippen LogP contribution in [0.1, 0.15) is 12.8 Å². The molecular formula is C8H15NO. The molecule has 2 atom stereocenters. The van der Waals surface area contributed by atoms with Crippen molar-refractivity contribution in [3.05, 3.63) is 0 Å². The Morgan fingerprint density at radius 1 is 1.70 bits per heavy atom. The van der Waals surface area contributed by atoms with Gasteiger partial charge < -0.3 is 10.0 Å². The van der Waals surface area contributed by atoms with E-state index >= 15 is 0 Å². The summed E-state index contributed by atoms with van der Waals surface area (Å²) in [6.07, 6.45) is 2.59.